The highest BCUT2D eigenvalue weighted by Gasteiger charge is 2.30. The van der Waals surface area contributed by atoms with Crippen molar-refractivity contribution in [2.75, 3.05) is 40.9 Å². The molecule has 0 aliphatic carbocycles. The van der Waals surface area contributed by atoms with Crippen molar-refractivity contribution in [3.05, 3.63) is 97.2 Å². The number of phosphoric acid groups is 1. The van der Waals surface area contributed by atoms with Crippen molar-refractivity contribution in [1.29, 1.82) is 0 Å². The molecule has 0 bridgehead atoms. The molecule has 0 aliphatic rings. The fraction of sp³-hybridized carbons (Fsp3) is 0.778. The number of phosphoric ester groups is 1. The van der Waals surface area contributed by atoms with Crippen LogP contribution in [0.4, 0.5) is 0 Å². The Labute approximate surface area is 564 Å². The number of amides is 1. The molecule has 0 aromatic carbocycles. The maximum absolute atomic E-state index is 13.7. The SMILES string of the molecule is CC/C=C\C/C=C\C/C=C\C/C=C\C/C=C\CCCCCCCCCCCC(=O)NC(COP(=O)(O)OCC[N+](C)(C)C)C(/C=C/CCCCCCCCCCCCC)OC(=O)CCCCCCCCCCCCCCCCCCC/C=C\C/C=C\CCCCC. The van der Waals surface area contributed by atoms with Crippen LogP contribution < -0.4 is 5.32 Å². The van der Waals surface area contributed by atoms with E-state index in [-0.39, 0.29) is 31.5 Å². The van der Waals surface area contributed by atoms with Crippen LogP contribution in [0, 0.1) is 0 Å². The molecule has 0 fully saturated rings. The Hall–Kier alpha value is -3.07. The highest BCUT2D eigenvalue weighted by Crippen LogP contribution is 2.43. The van der Waals surface area contributed by atoms with Gasteiger partial charge >= 0.3 is 13.8 Å². The topological polar surface area (TPSA) is 111 Å². The average molecular weight is 1290 g/mol. The summed E-state index contributed by atoms with van der Waals surface area (Å²) in [6.07, 6.45) is 95.7. The summed E-state index contributed by atoms with van der Waals surface area (Å²) in [7, 11) is 1.49. The third kappa shape index (κ3) is 71.1. The molecule has 0 rings (SSSR count). The summed E-state index contributed by atoms with van der Waals surface area (Å²) in [6, 6.07) is -0.857. The smallest absolute Gasteiger partial charge is 0.456 e. The first-order valence-corrected chi connectivity index (χ1v) is 40.1. The molecule has 0 spiro atoms. The van der Waals surface area contributed by atoms with E-state index in [0.717, 1.165) is 109 Å². The van der Waals surface area contributed by atoms with Gasteiger partial charge in [-0.2, -0.15) is 0 Å². The van der Waals surface area contributed by atoms with E-state index in [1.807, 2.05) is 33.3 Å². The Morgan fingerprint density at radius 3 is 1.08 bits per heavy atom. The zero-order chi connectivity index (χ0) is 66.3. The van der Waals surface area contributed by atoms with Crippen molar-refractivity contribution in [2.24, 2.45) is 0 Å². The number of unbranched alkanes of at least 4 members (excludes halogenated alkanes) is 40. The van der Waals surface area contributed by atoms with Crippen LogP contribution in [-0.4, -0.2) is 74.3 Å². The van der Waals surface area contributed by atoms with E-state index in [9.17, 15) is 19.0 Å². The van der Waals surface area contributed by atoms with Crippen molar-refractivity contribution >= 4 is 19.7 Å². The summed E-state index contributed by atoms with van der Waals surface area (Å²) >= 11 is 0. The third-order valence-electron chi connectivity index (χ3n) is 17.0. The zero-order valence-electron chi connectivity index (χ0n) is 60.6. The molecule has 0 radical (unpaired) electrons. The van der Waals surface area contributed by atoms with Gasteiger partial charge in [0.05, 0.1) is 33.8 Å². The van der Waals surface area contributed by atoms with Crippen LogP contribution in [0.25, 0.3) is 0 Å². The van der Waals surface area contributed by atoms with Crippen LogP contribution in [0.3, 0.4) is 0 Å². The highest BCUT2D eigenvalue weighted by molar-refractivity contribution is 7.47. The summed E-state index contributed by atoms with van der Waals surface area (Å²) in [5.41, 5.74) is 0. The number of allylic oxidation sites excluding steroid dienone is 15. The van der Waals surface area contributed by atoms with E-state index in [0.29, 0.717) is 17.4 Å². The molecular weight excluding hydrogens is 1140 g/mol. The van der Waals surface area contributed by atoms with Crippen molar-refractivity contribution in [3.63, 3.8) is 0 Å². The van der Waals surface area contributed by atoms with Gasteiger partial charge in [-0.15, -0.1) is 0 Å². The van der Waals surface area contributed by atoms with Gasteiger partial charge in [0.25, 0.3) is 0 Å². The van der Waals surface area contributed by atoms with Gasteiger partial charge in [-0.3, -0.25) is 18.6 Å². The first-order chi connectivity index (χ1) is 44.4. The van der Waals surface area contributed by atoms with Crippen LogP contribution in [0.15, 0.2) is 97.2 Å². The van der Waals surface area contributed by atoms with E-state index in [1.165, 1.54) is 212 Å². The molecule has 10 heteroatoms. The minimum absolute atomic E-state index is 0.0366. The summed E-state index contributed by atoms with van der Waals surface area (Å²) in [6.45, 7) is 6.91. The van der Waals surface area contributed by atoms with Gasteiger partial charge in [0, 0.05) is 12.8 Å². The number of nitrogens with one attached hydrogen (secondary N) is 1. The lowest BCUT2D eigenvalue weighted by Gasteiger charge is -2.27. The van der Waals surface area contributed by atoms with E-state index < -0.39 is 20.0 Å². The molecule has 3 unspecified atom stereocenters. The predicted octanol–water partition coefficient (Wildman–Crippen LogP) is 25.0. The molecule has 0 saturated heterocycles. The maximum Gasteiger partial charge on any atom is 0.472 e. The van der Waals surface area contributed by atoms with Crippen molar-refractivity contribution in [2.45, 2.75) is 367 Å². The minimum atomic E-state index is -4.46. The van der Waals surface area contributed by atoms with Gasteiger partial charge in [-0.25, -0.2) is 4.57 Å². The van der Waals surface area contributed by atoms with Crippen LogP contribution in [0.5, 0.6) is 0 Å². The second-order valence-corrected chi connectivity index (χ2v) is 28.6. The molecular formula is C81H148N2O7P+. The van der Waals surface area contributed by atoms with Gasteiger partial charge in [-0.1, -0.05) is 330 Å². The highest BCUT2D eigenvalue weighted by atomic mass is 31.2. The number of quaternary nitrogens is 1. The Morgan fingerprint density at radius 2 is 0.703 bits per heavy atom. The fourth-order valence-corrected chi connectivity index (χ4v) is 11.9. The van der Waals surface area contributed by atoms with E-state index in [4.69, 9.17) is 13.8 Å². The molecule has 9 nitrogen and oxygen atoms in total. The predicted molar refractivity (Wildman–Crippen MR) is 397 cm³/mol. The Bertz CT molecular complexity index is 1880. The molecule has 0 heterocycles. The number of ether oxygens (including phenoxy) is 1. The zero-order valence-corrected chi connectivity index (χ0v) is 61.5. The quantitative estimate of drug-likeness (QED) is 0.0205. The van der Waals surface area contributed by atoms with Crippen LogP contribution in [-0.2, 0) is 27.9 Å². The Kier molecular flexibility index (Phi) is 67.4. The molecule has 0 saturated carbocycles. The molecule has 528 valence electrons. The number of rotatable bonds is 70. The molecule has 3 atom stereocenters. The lowest BCUT2D eigenvalue weighted by Crippen LogP contribution is -2.47. The number of carbonyl (C=O) groups excluding carboxylic acids is 2. The largest absolute Gasteiger partial charge is 0.472 e. The van der Waals surface area contributed by atoms with Gasteiger partial charge in [0.1, 0.15) is 19.3 Å². The Morgan fingerprint density at radius 1 is 0.396 bits per heavy atom. The monoisotopic (exact) mass is 1290 g/mol. The van der Waals surface area contributed by atoms with Crippen LogP contribution in [0.2, 0.25) is 0 Å². The van der Waals surface area contributed by atoms with E-state index in [1.54, 1.807) is 0 Å². The lowest BCUT2D eigenvalue weighted by atomic mass is 10.0. The van der Waals surface area contributed by atoms with Crippen LogP contribution >= 0.6 is 7.82 Å². The first-order valence-electron chi connectivity index (χ1n) is 38.6. The normalized spacial score (nSPS) is 14.0. The lowest BCUT2D eigenvalue weighted by molar-refractivity contribution is -0.870. The second kappa shape index (κ2) is 69.8. The van der Waals surface area contributed by atoms with Crippen LogP contribution in [0.1, 0.15) is 355 Å². The fourth-order valence-electron chi connectivity index (χ4n) is 11.1. The van der Waals surface area contributed by atoms with Gasteiger partial charge < -0.3 is 19.4 Å². The third-order valence-corrected chi connectivity index (χ3v) is 18.0. The van der Waals surface area contributed by atoms with Gasteiger partial charge in [0.15, 0.2) is 0 Å². The summed E-state index contributed by atoms with van der Waals surface area (Å²) in [5, 5.41) is 3.08. The maximum atomic E-state index is 13.7. The van der Waals surface area contributed by atoms with Crippen molar-refractivity contribution < 1.29 is 37.3 Å². The van der Waals surface area contributed by atoms with E-state index in [2.05, 4.69) is 111 Å². The minimum Gasteiger partial charge on any atom is -0.456 e. The molecule has 0 aliphatic heterocycles. The summed E-state index contributed by atoms with van der Waals surface area (Å²) in [4.78, 5) is 38.0. The molecule has 0 aromatic heterocycles. The number of esters is 1. The summed E-state index contributed by atoms with van der Waals surface area (Å²) in [5.74, 6) is -0.502. The second-order valence-electron chi connectivity index (χ2n) is 27.1. The van der Waals surface area contributed by atoms with E-state index >= 15 is 0 Å². The number of hydrogen-bond acceptors (Lipinski definition) is 6. The Balaban J connectivity index is 5.01. The number of hydrogen-bond donors (Lipinski definition) is 2. The summed E-state index contributed by atoms with van der Waals surface area (Å²) < 4.78 is 30.9. The molecule has 1 amide bonds. The standard InChI is InChI=1S/C81H147N2O7P/c1-7-10-13-16-19-22-25-28-30-32-34-36-38-40-41-43-45-47-49-51-53-56-59-62-65-68-71-74-81(85)90-79(72-69-66-63-60-57-54-27-24-21-18-15-12-9-3)78(77-89-91(86,87)88-76-75-83(4,5)6)82-80(84)73-70-67-64-61-58-55-52-50-48-46-44-42-39-37-35-33-31-29-26-23-20-17-14-11-8-2/h11,14,19-20,22-23,28-31,35,37,42,44,69,72,78-79H,7-10,12-13,15-18,21,24-27,32-34,36,38-41,43,45-68,70-71,73-77H2,1-6H3,(H-,82,84,86,87)/p+1/b14-11-,22-19-,23-20-,30-28-,31-29-,37-35-,44-42-,72-69+. The number of carbonyl (C=O) groups is 2. The van der Waals surface area contributed by atoms with Crippen molar-refractivity contribution in [3.8, 4) is 0 Å². The molecule has 2 N–H and O–H groups in total. The first kappa shape index (κ1) is 87.9. The van der Waals surface area contributed by atoms with Gasteiger partial charge in [-0.05, 0) is 109 Å². The number of nitrogens with zero attached hydrogens (tertiary/aromatic N) is 1. The van der Waals surface area contributed by atoms with Crippen molar-refractivity contribution in [1.82, 2.24) is 5.32 Å². The molecule has 0 aromatic rings. The molecule has 91 heavy (non-hydrogen) atoms. The van der Waals surface area contributed by atoms with Gasteiger partial charge in [0.2, 0.25) is 5.91 Å². The average Bonchev–Trinajstić information content (AvgIpc) is 3.73. The number of likely N-dealkylation sites (N-methyl/N-ethyl adjacent to an activating group) is 1.